The molecule has 0 unspecified atom stereocenters. The van der Waals surface area contributed by atoms with Crippen molar-refractivity contribution in [3.05, 3.63) is 27.8 Å². The first kappa shape index (κ1) is 17.5. The molecule has 1 amide bonds. The summed E-state index contributed by atoms with van der Waals surface area (Å²) in [6, 6.07) is 7.63. The summed E-state index contributed by atoms with van der Waals surface area (Å²) in [4.78, 5) is 13.3. The molecule has 4 nitrogen and oxygen atoms in total. The number of rotatable bonds is 6. The second-order valence-electron chi connectivity index (χ2n) is 3.66. The summed E-state index contributed by atoms with van der Waals surface area (Å²) < 4.78 is 6.55. The fourth-order valence-electron chi connectivity index (χ4n) is 1.19. The highest BCUT2D eigenvalue weighted by Crippen LogP contribution is 2.13. The molecule has 0 spiro atoms. The Morgan fingerprint density at radius 2 is 2.00 bits per heavy atom. The van der Waals surface area contributed by atoms with Crippen LogP contribution >= 0.6 is 35.0 Å². The third-order valence-corrected chi connectivity index (χ3v) is 3.02. The van der Waals surface area contributed by atoms with Gasteiger partial charge in [-0.25, -0.2) is 0 Å². The number of ether oxygens (including phenoxy) is 1. The van der Waals surface area contributed by atoms with Crippen molar-refractivity contribution in [1.29, 1.82) is 0 Å². The van der Waals surface area contributed by atoms with E-state index >= 15 is 0 Å². The number of hydrogen-bond acceptors (Lipinski definition) is 3. The maximum atomic E-state index is 11.7. The summed E-state index contributed by atoms with van der Waals surface area (Å²) in [6.07, 6.45) is 0. The minimum absolute atomic E-state index is 0. The summed E-state index contributed by atoms with van der Waals surface area (Å²) >= 11 is 2.23. The van der Waals surface area contributed by atoms with E-state index in [9.17, 15) is 4.79 Å². The number of likely N-dealkylation sites (N-methyl/N-ethyl adjacent to an activating group) is 2. The lowest BCUT2D eigenvalue weighted by molar-refractivity contribution is -0.131. The van der Waals surface area contributed by atoms with E-state index < -0.39 is 0 Å². The molecule has 0 aliphatic heterocycles. The van der Waals surface area contributed by atoms with Gasteiger partial charge in [-0.1, -0.05) is 0 Å². The third-order valence-electron chi connectivity index (χ3n) is 2.30. The molecule has 18 heavy (non-hydrogen) atoms. The SMILES string of the molecule is CNCCN(C)C(=O)COc1ccc(I)cc1.Cl. The van der Waals surface area contributed by atoms with Crippen LogP contribution < -0.4 is 10.1 Å². The Balaban J connectivity index is 0.00000289. The molecule has 1 N–H and O–H groups in total. The van der Waals surface area contributed by atoms with Crippen molar-refractivity contribution < 1.29 is 9.53 Å². The van der Waals surface area contributed by atoms with Crippen LogP contribution in [0.25, 0.3) is 0 Å². The number of benzene rings is 1. The predicted octanol–water partition coefficient (Wildman–Crippen LogP) is 1.77. The van der Waals surface area contributed by atoms with Crippen LogP contribution in [0.5, 0.6) is 5.75 Å². The van der Waals surface area contributed by atoms with Crippen molar-refractivity contribution in [2.24, 2.45) is 0 Å². The zero-order chi connectivity index (χ0) is 12.7. The summed E-state index contributed by atoms with van der Waals surface area (Å²) in [5.74, 6) is 0.708. The minimum atomic E-state index is -0.0150. The smallest absolute Gasteiger partial charge is 0.260 e. The first-order chi connectivity index (χ1) is 8.13. The molecule has 1 aromatic carbocycles. The maximum absolute atomic E-state index is 11.7. The quantitative estimate of drug-likeness (QED) is 0.760. The molecule has 0 aromatic heterocycles. The molecule has 0 atom stereocenters. The van der Waals surface area contributed by atoms with Crippen molar-refractivity contribution >= 4 is 40.9 Å². The van der Waals surface area contributed by atoms with Crippen LogP contribution in [0.3, 0.4) is 0 Å². The Kier molecular flexibility index (Phi) is 9.13. The molecule has 102 valence electrons. The van der Waals surface area contributed by atoms with E-state index in [4.69, 9.17) is 4.74 Å². The largest absolute Gasteiger partial charge is 0.484 e. The van der Waals surface area contributed by atoms with Crippen molar-refractivity contribution in [2.75, 3.05) is 33.8 Å². The van der Waals surface area contributed by atoms with E-state index in [1.165, 1.54) is 0 Å². The molecule has 6 heteroatoms. The zero-order valence-corrected chi connectivity index (χ0v) is 13.5. The van der Waals surface area contributed by atoms with Gasteiger partial charge in [0.1, 0.15) is 5.75 Å². The predicted molar refractivity (Wildman–Crippen MR) is 83.5 cm³/mol. The van der Waals surface area contributed by atoms with Gasteiger partial charge in [-0.2, -0.15) is 0 Å². The minimum Gasteiger partial charge on any atom is -0.484 e. The molecule has 0 saturated heterocycles. The molecular formula is C12H18ClIN2O2. The highest BCUT2D eigenvalue weighted by Gasteiger charge is 2.08. The van der Waals surface area contributed by atoms with Gasteiger partial charge in [0.15, 0.2) is 6.61 Å². The van der Waals surface area contributed by atoms with Crippen LogP contribution in [-0.4, -0.2) is 44.6 Å². The monoisotopic (exact) mass is 384 g/mol. The van der Waals surface area contributed by atoms with E-state index in [0.717, 1.165) is 15.9 Å². The van der Waals surface area contributed by atoms with Crippen molar-refractivity contribution in [1.82, 2.24) is 10.2 Å². The molecule has 1 rings (SSSR count). The maximum Gasteiger partial charge on any atom is 0.260 e. The van der Waals surface area contributed by atoms with Crippen LogP contribution in [-0.2, 0) is 4.79 Å². The first-order valence-corrected chi connectivity index (χ1v) is 6.48. The lowest BCUT2D eigenvalue weighted by atomic mass is 10.3. The normalized spacial score (nSPS) is 9.50. The second-order valence-corrected chi connectivity index (χ2v) is 4.91. The molecule has 0 heterocycles. The molecule has 1 aromatic rings. The number of carbonyl (C=O) groups excluding carboxylic acids is 1. The van der Waals surface area contributed by atoms with Crippen LogP contribution in [0.4, 0.5) is 0 Å². The third kappa shape index (κ3) is 6.42. The van der Waals surface area contributed by atoms with Gasteiger partial charge in [0.05, 0.1) is 0 Å². The first-order valence-electron chi connectivity index (χ1n) is 5.40. The molecular weight excluding hydrogens is 367 g/mol. The summed E-state index contributed by atoms with van der Waals surface area (Å²) in [6.45, 7) is 1.55. The van der Waals surface area contributed by atoms with Crippen LogP contribution in [0.1, 0.15) is 0 Å². The van der Waals surface area contributed by atoms with Gasteiger partial charge in [-0.3, -0.25) is 4.79 Å². The highest BCUT2D eigenvalue weighted by molar-refractivity contribution is 14.1. The number of nitrogens with zero attached hydrogens (tertiary/aromatic N) is 1. The number of halogens is 2. The fourth-order valence-corrected chi connectivity index (χ4v) is 1.55. The highest BCUT2D eigenvalue weighted by atomic mass is 127. The molecule has 0 aliphatic rings. The molecule has 0 fully saturated rings. The molecule has 0 radical (unpaired) electrons. The van der Waals surface area contributed by atoms with Gasteiger partial charge in [-0.05, 0) is 53.9 Å². The van der Waals surface area contributed by atoms with Gasteiger partial charge in [-0.15, -0.1) is 12.4 Å². The lowest BCUT2D eigenvalue weighted by Crippen LogP contribution is -2.35. The molecule has 0 saturated carbocycles. The molecule has 0 bridgehead atoms. The Morgan fingerprint density at radius 3 is 2.56 bits per heavy atom. The second kappa shape index (κ2) is 9.41. The summed E-state index contributed by atoms with van der Waals surface area (Å²) in [5, 5.41) is 3.00. The number of nitrogens with one attached hydrogen (secondary N) is 1. The van der Waals surface area contributed by atoms with Gasteiger partial charge < -0.3 is 15.0 Å². The Morgan fingerprint density at radius 1 is 1.39 bits per heavy atom. The van der Waals surface area contributed by atoms with Crippen LogP contribution in [0, 0.1) is 3.57 Å². The number of carbonyl (C=O) groups is 1. The van der Waals surface area contributed by atoms with Crippen molar-refractivity contribution in [3.8, 4) is 5.75 Å². The van der Waals surface area contributed by atoms with Crippen LogP contribution in [0.15, 0.2) is 24.3 Å². The van der Waals surface area contributed by atoms with E-state index in [1.807, 2.05) is 31.3 Å². The standard InChI is InChI=1S/C12H17IN2O2.ClH/c1-14-7-8-15(2)12(16)9-17-11-5-3-10(13)4-6-11;/h3-6,14H,7-9H2,1-2H3;1H. The van der Waals surface area contributed by atoms with Crippen molar-refractivity contribution in [3.63, 3.8) is 0 Å². The summed E-state index contributed by atoms with van der Waals surface area (Å²) in [5.41, 5.74) is 0. The fraction of sp³-hybridized carbons (Fsp3) is 0.417. The van der Waals surface area contributed by atoms with E-state index in [-0.39, 0.29) is 24.9 Å². The molecule has 0 aliphatic carbocycles. The van der Waals surface area contributed by atoms with Gasteiger partial charge in [0.2, 0.25) is 0 Å². The Labute approximate surface area is 128 Å². The van der Waals surface area contributed by atoms with E-state index in [2.05, 4.69) is 27.9 Å². The zero-order valence-electron chi connectivity index (χ0n) is 10.5. The van der Waals surface area contributed by atoms with Gasteiger partial charge in [0.25, 0.3) is 5.91 Å². The Bertz CT molecular complexity index is 360. The number of amides is 1. The van der Waals surface area contributed by atoms with Gasteiger partial charge >= 0.3 is 0 Å². The lowest BCUT2D eigenvalue weighted by Gasteiger charge is -2.17. The average molecular weight is 385 g/mol. The number of hydrogen-bond donors (Lipinski definition) is 1. The van der Waals surface area contributed by atoms with E-state index in [1.54, 1.807) is 11.9 Å². The Hall–Kier alpha value is -0.530. The average Bonchev–Trinajstić information content (AvgIpc) is 2.34. The summed E-state index contributed by atoms with van der Waals surface area (Å²) in [7, 11) is 3.64. The van der Waals surface area contributed by atoms with Crippen LogP contribution in [0.2, 0.25) is 0 Å². The topological polar surface area (TPSA) is 41.6 Å². The van der Waals surface area contributed by atoms with E-state index in [0.29, 0.717) is 6.54 Å². The van der Waals surface area contributed by atoms with Gasteiger partial charge in [0, 0.05) is 23.7 Å². The van der Waals surface area contributed by atoms with Crippen molar-refractivity contribution in [2.45, 2.75) is 0 Å².